The van der Waals surface area contributed by atoms with Crippen molar-refractivity contribution in [2.24, 2.45) is 16.8 Å². The van der Waals surface area contributed by atoms with Gasteiger partial charge in [-0.1, -0.05) is 46.8 Å². The van der Waals surface area contributed by atoms with Gasteiger partial charge in [0.25, 0.3) is 0 Å². The second-order valence-corrected chi connectivity index (χ2v) is 6.27. The smallest absolute Gasteiger partial charge is 0.227 e. The van der Waals surface area contributed by atoms with Gasteiger partial charge in [-0.3, -0.25) is 4.79 Å². The summed E-state index contributed by atoms with van der Waals surface area (Å²) >= 11 is 3.37. The first-order valence-corrected chi connectivity index (χ1v) is 7.99. The molecule has 6 heteroatoms. The van der Waals surface area contributed by atoms with E-state index in [4.69, 9.17) is 10.9 Å². The maximum absolute atomic E-state index is 12.4. The number of amides is 1. The van der Waals surface area contributed by atoms with Crippen molar-refractivity contribution in [3.63, 3.8) is 0 Å². The average molecular weight is 354 g/mol. The lowest BCUT2D eigenvalue weighted by atomic mass is 9.99. The lowest BCUT2D eigenvalue weighted by Crippen LogP contribution is -2.24. The Morgan fingerprint density at radius 1 is 1.29 bits per heavy atom. The van der Waals surface area contributed by atoms with Gasteiger partial charge in [0, 0.05) is 16.0 Å². The molecule has 4 N–H and O–H groups in total. The van der Waals surface area contributed by atoms with Crippen LogP contribution in [0.25, 0.3) is 0 Å². The molecule has 0 atom stereocenters. The number of halogens is 1. The Kier molecular flexibility index (Phi) is 5.61. The Labute approximate surface area is 132 Å². The topological polar surface area (TPSA) is 87.7 Å². The predicted molar refractivity (Wildman–Crippen MR) is 86.5 cm³/mol. The third kappa shape index (κ3) is 4.20. The number of carbonyl (C=O) groups is 1. The highest BCUT2D eigenvalue weighted by Crippen LogP contribution is 2.26. The summed E-state index contributed by atoms with van der Waals surface area (Å²) in [5, 5.41) is 14.8. The van der Waals surface area contributed by atoms with Crippen molar-refractivity contribution in [1.29, 1.82) is 0 Å². The molecule has 1 amide bonds. The molecule has 2 rings (SSSR count). The fourth-order valence-electron chi connectivity index (χ4n) is 2.67. The molecular formula is C15H20BrN3O2. The highest BCUT2D eigenvalue weighted by Gasteiger charge is 2.21. The van der Waals surface area contributed by atoms with E-state index >= 15 is 0 Å². The SMILES string of the molecule is N/C(=N/O)c1ccc(Br)cc1NC(=O)C1CCCCCC1. The first kappa shape index (κ1) is 15.8. The van der Waals surface area contributed by atoms with Crippen LogP contribution in [0.1, 0.15) is 44.1 Å². The molecule has 0 bridgehead atoms. The molecule has 0 radical (unpaired) electrons. The Balaban J connectivity index is 2.17. The normalized spacial score (nSPS) is 17.3. The standard InChI is InChI=1S/C15H20BrN3O2/c16-11-7-8-12(14(17)19-21)13(9-11)18-15(20)10-5-3-1-2-4-6-10/h7-10,21H,1-6H2,(H2,17,19)(H,18,20). The van der Waals surface area contributed by atoms with Crippen molar-refractivity contribution in [2.45, 2.75) is 38.5 Å². The largest absolute Gasteiger partial charge is 0.409 e. The highest BCUT2D eigenvalue weighted by atomic mass is 79.9. The molecule has 0 spiro atoms. The van der Waals surface area contributed by atoms with Crippen LogP contribution >= 0.6 is 15.9 Å². The molecule has 0 unspecified atom stereocenters. The van der Waals surface area contributed by atoms with Gasteiger partial charge in [-0.15, -0.1) is 0 Å². The van der Waals surface area contributed by atoms with Crippen molar-refractivity contribution in [3.8, 4) is 0 Å². The van der Waals surface area contributed by atoms with E-state index in [0.29, 0.717) is 11.3 Å². The van der Waals surface area contributed by atoms with Crippen LogP contribution in [0.2, 0.25) is 0 Å². The molecule has 1 aliphatic rings. The summed E-state index contributed by atoms with van der Waals surface area (Å²) in [7, 11) is 0. The number of hydrogen-bond acceptors (Lipinski definition) is 3. The number of carbonyl (C=O) groups excluding carboxylic acids is 1. The van der Waals surface area contributed by atoms with Crippen LogP contribution in [0.3, 0.4) is 0 Å². The molecule has 1 fully saturated rings. The number of benzene rings is 1. The maximum Gasteiger partial charge on any atom is 0.227 e. The minimum atomic E-state index is -0.0151. The zero-order chi connectivity index (χ0) is 15.2. The zero-order valence-electron chi connectivity index (χ0n) is 11.8. The van der Waals surface area contributed by atoms with Gasteiger partial charge in [-0.05, 0) is 31.0 Å². The van der Waals surface area contributed by atoms with Gasteiger partial charge in [0.05, 0.1) is 5.69 Å². The van der Waals surface area contributed by atoms with Gasteiger partial charge in [0.1, 0.15) is 0 Å². The van der Waals surface area contributed by atoms with E-state index in [-0.39, 0.29) is 17.7 Å². The third-order valence-electron chi connectivity index (χ3n) is 3.85. The molecule has 0 saturated heterocycles. The van der Waals surface area contributed by atoms with E-state index in [1.54, 1.807) is 18.2 Å². The number of anilines is 1. The molecule has 0 aromatic heterocycles. The number of nitrogens with zero attached hydrogens (tertiary/aromatic N) is 1. The van der Waals surface area contributed by atoms with Crippen molar-refractivity contribution < 1.29 is 10.0 Å². The molecule has 21 heavy (non-hydrogen) atoms. The van der Waals surface area contributed by atoms with Gasteiger partial charge in [-0.2, -0.15) is 0 Å². The van der Waals surface area contributed by atoms with Crippen LogP contribution in [-0.2, 0) is 4.79 Å². The number of nitrogens with one attached hydrogen (secondary N) is 1. The summed E-state index contributed by atoms with van der Waals surface area (Å²) < 4.78 is 0.827. The second kappa shape index (κ2) is 7.45. The Morgan fingerprint density at radius 3 is 2.57 bits per heavy atom. The first-order valence-electron chi connectivity index (χ1n) is 7.20. The molecule has 0 heterocycles. The lowest BCUT2D eigenvalue weighted by molar-refractivity contribution is -0.120. The summed E-state index contributed by atoms with van der Waals surface area (Å²) in [5.74, 6) is 0.0484. The summed E-state index contributed by atoms with van der Waals surface area (Å²) in [6.45, 7) is 0. The fourth-order valence-corrected chi connectivity index (χ4v) is 3.03. The van der Waals surface area contributed by atoms with Crippen molar-refractivity contribution in [1.82, 2.24) is 0 Å². The van der Waals surface area contributed by atoms with Crippen LogP contribution in [-0.4, -0.2) is 17.0 Å². The molecule has 1 aromatic rings. The quantitative estimate of drug-likeness (QED) is 0.255. The molecular weight excluding hydrogens is 334 g/mol. The van der Waals surface area contributed by atoms with Crippen LogP contribution in [0, 0.1) is 5.92 Å². The van der Waals surface area contributed by atoms with E-state index in [1.807, 2.05) is 0 Å². The Hall–Kier alpha value is -1.56. The molecule has 5 nitrogen and oxygen atoms in total. The van der Waals surface area contributed by atoms with Gasteiger partial charge < -0.3 is 16.3 Å². The minimum Gasteiger partial charge on any atom is -0.409 e. The van der Waals surface area contributed by atoms with Gasteiger partial charge >= 0.3 is 0 Å². The summed E-state index contributed by atoms with van der Waals surface area (Å²) in [4.78, 5) is 12.4. The average Bonchev–Trinajstić information content (AvgIpc) is 2.76. The number of nitrogens with two attached hydrogens (primary N) is 1. The van der Waals surface area contributed by atoms with Gasteiger partial charge in [0.15, 0.2) is 5.84 Å². The molecule has 0 aliphatic heterocycles. The lowest BCUT2D eigenvalue weighted by Gasteiger charge is -2.16. The summed E-state index contributed by atoms with van der Waals surface area (Å²) in [6.07, 6.45) is 6.47. The Bertz CT molecular complexity index is 538. The predicted octanol–water partition coefficient (Wildman–Crippen LogP) is 3.45. The van der Waals surface area contributed by atoms with E-state index in [0.717, 1.165) is 30.2 Å². The van der Waals surface area contributed by atoms with E-state index in [9.17, 15) is 4.79 Å². The zero-order valence-corrected chi connectivity index (χ0v) is 13.4. The Morgan fingerprint density at radius 2 is 1.95 bits per heavy atom. The van der Waals surface area contributed by atoms with E-state index in [1.165, 1.54) is 12.8 Å². The molecule has 1 aliphatic carbocycles. The van der Waals surface area contributed by atoms with Crippen molar-refractivity contribution in [3.05, 3.63) is 28.2 Å². The first-order chi connectivity index (χ1) is 10.1. The number of rotatable bonds is 3. The molecule has 114 valence electrons. The van der Waals surface area contributed by atoms with Gasteiger partial charge in [0.2, 0.25) is 5.91 Å². The molecule has 1 saturated carbocycles. The van der Waals surface area contributed by atoms with Crippen LogP contribution < -0.4 is 11.1 Å². The van der Waals surface area contributed by atoms with Crippen LogP contribution in [0.4, 0.5) is 5.69 Å². The monoisotopic (exact) mass is 353 g/mol. The van der Waals surface area contributed by atoms with E-state index in [2.05, 4.69) is 26.4 Å². The van der Waals surface area contributed by atoms with Crippen molar-refractivity contribution in [2.75, 3.05) is 5.32 Å². The van der Waals surface area contributed by atoms with Crippen LogP contribution in [0.5, 0.6) is 0 Å². The molecule has 1 aromatic carbocycles. The maximum atomic E-state index is 12.4. The summed E-state index contributed by atoms with van der Waals surface area (Å²) in [6, 6.07) is 5.26. The highest BCUT2D eigenvalue weighted by molar-refractivity contribution is 9.10. The minimum absolute atomic E-state index is 0.0151. The van der Waals surface area contributed by atoms with Crippen LogP contribution in [0.15, 0.2) is 27.8 Å². The number of hydrogen-bond donors (Lipinski definition) is 3. The second-order valence-electron chi connectivity index (χ2n) is 5.35. The number of amidine groups is 1. The van der Waals surface area contributed by atoms with Crippen molar-refractivity contribution >= 4 is 33.4 Å². The summed E-state index contributed by atoms with van der Waals surface area (Å²) in [5.41, 5.74) is 6.74. The number of oxime groups is 1. The van der Waals surface area contributed by atoms with E-state index < -0.39 is 0 Å². The third-order valence-corrected chi connectivity index (χ3v) is 4.34. The van der Waals surface area contributed by atoms with Gasteiger partial charge in [-0.25, -0.2) is 0 Å². The fraction of sp³-hybridized carbons (Fsp3) is 0.467.